The van der Waals surface area contributed by atoms with Crippen molar-refractivity contribution in [3.8, 4) is 0 Å². The van der Waals surface area contributed by atoms with Crippen LogP contribution in [0.4, 0.5) is 0 Å². The van der Waals surface area contributed by atoms with Gasteiger partial charge >= 0.3 is 0 Å². The Morgan fingerprint density at radius 3 is 2.56 bits per heavy atom. The lowest BCUT2D eigenvalue weighted by molar-refractivity contribution is 0.511. The number of hydrogen-bond donors (Lipinski definition) is 0. The molecule has 1 aromatic rings. The van der Waals surface area contributed by atoms with Crippen LogP contribution in [0.1, 0.15) is 81.8 Å². The molecule has 1 aliphatic rings. The molecule has 0 spiro atoms. The van der Waals surface area contributed by atoms with Crippen molar-refractivity contribution in [1.82, 2.24) is 4.98 Å². The van der Waals surface area contributed by atoms with Gasteiger partial charge in [-0.1, -0.05) is 45.4 Å². The zero-order valence-electron chi connectivity index (χ0n) is 11.8. The Hall–Kier alpha value is -0.850. The van der Waals surface area contributed by atoms with E-state index in [0.717, 1.165) is 5.92 Å². The average Bonchev–Trinajstić information content (AvgIpc) is 2.40. The first-order valence-corrected chi connectivity index (χ1v) is 7.84. The zero-order chi connectivity index (χ0) is 12.6. The third-order valence-electron chi connectivity index (χ3n) is 4.37. The SMILES string of the molecule is CCC1CCCCCCCCCc2cnccc21. The van der Waals surface area contributed by atoms with Crippen LogP contribution < -0.4 is 0 Å². The highest BCUT2D eigenvalue weighted by Gasteiger charge is 2.13. The average molecular weight is 245 g/mol. The van der Waals surface area contributed by atoms with E-state index in [1.165, 1.54) is 69.8 Å². The number of pyridine rings is 1. The van der Waals surface area contributed by atoms with Crippen LogP contribution in [0.5, 0.6) is 0 Å². The highest BCUT2D eigenvalue weighted by molar-refractivity contribution is 5.27. The maximum atomic E-state index is 4.34. The van der Waals surface area contributed by atoms with Crippen molar-refractivity contribution in [1.29, 1.82) is 0 Å². The van der Waals surface area contributed by atoms with Crippen LogP contribution in [0.15, 0.2) is 18.5 Å². The molecular formula is C17H27N. The maximum absolute atomic E-state index is 4.34. The molecule has 0 saturated carbocycles. The van der Waals surface area contributed by atoms with E-state index in [1.54, 1.807) is 5.56 Å². The summed E-state index contributed by atoms with van der Waals surface area (Å²) in [5.74, 6) is 0.766. The highest BCUT2D eigenvalue weighted by Crippen LogP contribution is 2.29. The lowest BCUT2D eigenvalue weighted by Crippen LogP contribution is -2.04. The van der Waals surface area contributed by atoms with Crippen LogP contribution in [-0.2, 0) is 6.42 Å². The number of nitrogens with zero attached hydrogens (tertiary/aromatic N) is 1. The van der Waals surface area contributed by atoms with Gasteiger partial charge in [-0.2, -0.15) is 0 Å². The van der Waals surface area contributed by atoms with Gasteiger partial charge in [0.05, 0.1) is 0 Å². The first-order valence-electron chi connectivity index (χ1n) is 7.84. The summed E-state index contributed by atoms with van der Waals surface area (Å²) in [6.07, 6.45) is 17.8. The summed E-state index contributed by atoms with van der Waals surface area (Å²) in [7, 11) is 0. The van der Waals surface area contributed by atoms with E-state index in [9.17, 15) is 0 Å². The second-order valence-electron chi connectivity index (χ2n) is 5.69. The normalized spacial score (nSPS) is 22.6. The van der Waals surface area contributed by atoms with Crippen LogP contribution in [0.3, 0.4) is 0 Å². The highest BCUT2D eigenvalue weighted by atomic mass is 14.6. The molecule has 1 nitrogen and oxygen atoms in total. The lowest BCUT2D eigenvalue weighted by Gasteiger charge is -2.19. The van der Waals surface area contributed by atoms with E-state index in [-0.39, 0.29) is 0 Å². The minimum absolute atomic E-state index is 0.766. The standard InChI is InChI=1S/C17H27N/c1-2-15-10-8-6-4-3-5-7-9-11-16-14-18-13-12-17(15)16/h12-15H,2-11H2,1H3. The van der Waals surface area contributed by atoms with Gasteiger partial charge in [0, 0.05) is 12.4 Å². The Labute approximate surface area is 112 Å². The molecule has 0 fully saturated rings. The number of aryl methyl sites for hydroxylation is 1. The molecule has 0 N–H and O–H groups in total. The summed E-state index contributed by atoms with van der Waals surface area (Å²) < 4.78 is 0. The molecule has 1 aliphatic carbocycles. The smallest absolute Gasteiger partial charge is 0.0302 e. The summed E-state index contributed by atoms with van der Waals surface area (Å²) in [6.45, 7) is 2.33. The largest absolute Gasteiger partial charge is 0.264 e. The Balaban J connectivity index is 2.13. The van der Waals surface area contributed by atoms with E-state index in [0.29, 0.717) is 0 Å². The molecule has 1 heterocycles. The first kappa shape index (κ1) is 13.6. The van der Waals surface area contributed by atoms with E-state index in [2.05, 4.69) is 24.2 Å². The van der Waals surface area contributed by atoms with Gasteiger partial charge in [0.2, 0.25) is 0 Å². The Kier molecular flexibility index (Phi) is 5.70. The second-order valence-corrected chi connectivity index (χ2v) is 5.69. The van der Waals surface area contributed by atoms with Crippen molar-refractivity contribution in [2.75, 3.05) is 0 Å². The van der Waals surface area contributed by atoms with Gasteiger partial charge in [-0.15, -0.1) is 0 Å². The fraction of sp³-hybridized carbons (Fsp3) is 0.706. The van der Waals surface area contributed by atoms with Crippen molar-refractivity contribution >= 4 is 0 Å². The van der Waals surface area contributed by atoms with Crippen molar-refractivity contribution in [3.63, 3.8) is 0 Å². The monoisotopic (exact) mass is 245 g/mol. The predicted molar refractivity (Wildman–Crippen MR) is 77.9 cm³/mol. The van der Waals surface area contributed by atoms with Gasteiger partial charge < -0.3 is 0 Å². The third-order valence-corrected chi connectivity index (χ3v) is 4.37. The summed E-state index contributed by atoms with van der Waals surface area (Å²) in [5, 5.41) is 0. The van der Waals surface area contributed by atoms with Crippen LogP contribution in [0.2, 0.25) is 0 Å². The molecule has 1 unspecified atom stereocenters. The minimum Gasteiger partial charge on any atom is -0.264 e. The molecule has 1 heteroatoms. The van der Waals surface area contributed by atoms with Gasteiger partial charge in [-0.3, -0.25) is 4.98 Å². The molecule has 2 rings (SSSR count). The number of aromatic nitrogens is 1. The number of hydrogen-bond acceptors (Lipinski definition) is 1. The Morgan fingerprint density at radius 2 is 1.78 bits per heavy atom. The van der Waals surface area contributed by atoms with E-state index < -0.39 is 0 Å². The van der Waals surface area contributed by atoms with E-state index >= 15 is 0 Å². The van der Waals surface area contributed by atoms with E-state index in [1.807, 2.05) is 6.20 Å². The molecule has 0 amide bonds. The van der Waals surface area contributed by atoms with Crippen molar-refractivity contribution in [2.45, 2.75) is 77.0 Å². The Bertz CT molecular complexity index is 345. The van der Waals surface area contributed by atoms with Gasteiger partial charge in [0.15, 0.2) is 0 Å². The fourth-order valence-corrected chi connectivity index (χ4v) is 3.21. The molecular weight excluding hydrogens is 218 g/mol. The second kappa shape index (κ2) is 7.56. The van der Waals surface area contributed by atoms with Crippen molar-refractivity contribution in [2.24, 2.45) is 0 Å². The molecule has 1 atom stereocenters. The van der Waals surface area contributed by atoms with Crippen molar-refractivity contribution < 1.29 is 0 Å². The summed E-state index contributed by atoms with van der Waals surface area (Å²) in [4.78, 5) is 4.34. The molecule has 100 valence electrons. The summed E-state index contributed by atoms with van der Waals surface area (Å²) in [5.41, 5.74) is 3.11. The predicted octanol–water partition coefficient (Wildman–Crippen LogP) is 5.25. The van der Waals surface area contributed by atoms with Crippen LogP contribution >= 0.6 is 0 Å². The van der Waals surface area contributed by atoms with Crippen LogP contribution in [-0.4, -0.2) is 4.98 Å². The van der Waals surface area contributed by atoms with Crippen LogP contribution in [0, 0.1) is 0 Å². The van der Waals surface area contributed by atoms with Crippen molar-refractivity contribution in [3.05, 3.63) is 29.6 Å². The number of rotatable bonds is 1. The Morgan fingerprint density at radius 1 is 1.06 bits per heavy atom. The minimum atomic E-state index is 0.766. The molecule has 0 aliphatic heterocycles. The summed E-state index contributed by atoms with van der Waals surface area (Å²) >= 11 is 0. The molecule has 0 aromatic carbocycles. The zero-order valence-corrected chi connectivity index (χ0v) is 11.8. The first-order chi connectivity index (χ1) is 8.92. The molecule has 0 bridgehead atoms. The molecule has 18 heavy (non-hydrogen) atoms. The van der Waals surface area contributed by atoms with Gasteiger partial charge in [0.1, 0.15) is 0 Å². The fourth-order valence-electron chi connectivity index (χ4n) is 3.21. The molecule has 0 saturated heterocycles. The maximum Gasteiger partial charge on any atom is 0.0302 e. The van der Waals surface area contributed by atoms with Gasteiger partial charge in [0.25, 0.3) is 0 Å². The lowest BCUT2D eigenvalue weighted by atomic mass is 9.86. The van der Waals surface area contributed by atoms with Crippen LogP contribution in [0.25, 0.3) is 0 Å². The van der Waals surface area contributed by atoms with Gasteiger partial charge in [-0.05, 0) is 48.8 Å². The summed E-state index contributed by atoms with van der Waals surface area (Å²) in [6, 6.07) is 2.27. The third kappa shape index (κ3) is 3.83. The topological polar surface area (TPSA) is 12.9 Å². The van der Waals surface area contributed by atoms with Gasteiger partial charge in [-0.25, -0.2) is 0 Å². The van der Waals surface area contributed by atoms with E-state index in [4.69, 9.17) is 0 Å². The molecule has 1 aromatic heterocycles. The number of fused-ring (bicyclic) bond motifs is 1. The quantitative estimate of drug-likeness (QED) is 0.658. The molecule has 0 radical (unpaired) electrons.